The van der Waals surface area contributed by atoms with Crippen LogP contribution in [0.15, 0.2) is 29.3 Å². The summed E-state index contributed by atoms with van der Waals surface area (Å²) in [5, 5.41) is 7.65. The van der Waals surface area contributed by atoms with Gasteiger partial charge in [-0.3, -0.25) is 0 Å². The van der Waals surface area contributed by atoms with Gasteiger partial charge in [-0.25, -0.2) is 23.1 Å². The molecule has 0 saturated carbocycles. The fourth-order valence-corrected chi connectivity index (χ4v) is 3.78. The average Bonchev–Trinajstić information content (AvgIpc) is 2.79. The number of rotatable bonds is 5. The number of anilines is 2. The van der Waals surface area contributed by atoms with Gasteiger partial charge in [0.15, 0.2) is 0 Å². The third-order valence-corrected chi connectivity index (χ3v) is 5.55. The molecule has 178 valence electrons. The highest BCUT2D eigenvalue weighted by molar-refractivity contribution is 5.97. The lowest BCUT2D eigenvalue weighted by Crippen LogP contribution is -2.47. The lowest BCUT2D eigenvalue weighted by Gasteiger charge is -2.34. The van der Waals surface area contributed by atoms with Crippen molar-refractivity contribution in [1.29, 1.82) is 0 Å². The number of piperazine rings is 1. The molecule has 4 rings (SSSR count). The first-order valence-electron chi connectivity index (χ1n) is 11.1. The topological polar surface area (TPSA) is 55.8 Å². The minimum absolute atomic E-state index is 0.0217. The predicted octanol–water partition coefficient (Wildman–Crippen LogP) is 3.05. The Morgan fingerprint density at radius 2 is 1.88 bits per heavy atom. The summed E-state index contributed by atoms with van der Waals surface area (Å²) in [7, 11) is 2.09. The van der Waals surface area contributed by atoms with Crippen molar-refractivity contribution in [3.05, 3.63) is 51.8 Å². The number of aromatic nitrogens is 1. The van der Waals surface area contributed by atoms with E-state index in [1.165, 1.54) is 12.1 Å². The number of hydrogen-bond donors (Lipinski definition) is 2. The molecule has 33 heavy (non-hydrogen) atoms. The Bertz CT molecular complexity index is 1120. The summed E-state index contributed by atoms with van der Waals surface area (Å²) < 4.78 is 40.5. The monoisotopic (exact) mass is 460 g/mol. The van der Waals surface area contributed by atoms with Gasteiger partial charge < -0.3 is 20.4 Å². The van der Waals surface area contributed by atoms with Gasteiger partial charge in [-0.15, -0.1) is 0 Å². The molecule has 9 heteroatoms. The molecule has 0 atom stereocenters. The Morgan fingerprint density at radius 1 is 1.18 bits per heavy atom. The molecular weight excluding hydrogens is 429 g/mol. The van der Waals surface area contributed by atoms with Crippen molar-refractivity contribution >= 4 is 29.7 Å². The first kappa shape index (κ1) is 24.6. The Morgan fingerprint density at radius 3 is 2.55 bits per heavy atom. The van der Waals surface area contributed by atoms with Gasteiger partial charge in [0.1, 0.15) is 23.3 Å². The number of nitrogens with one attached hydrogen (secondary N) is 2. The maximum atomic E-state index is 14.4. The van der Waals surface area contributed by atoms with Crippen molar-refractivity contribution in [2.75, 3.05) is 43.4 Å². The summed E-state index contributed by atoms with van der Waals surface area (Å²) >= 11 is 0. The zero-order chi connectivity index (χ0) is 24.1. The van der Waals surface area contributed by atoms with Gasteiger partial charge in [-0.2, -0.15) is 0 Å². The Labute approximate surface area is 192 Å². The largest absolute Gasteiger partial charge is 0.367 e. The van der Waals surface area contributed by atoms with Crippen molar-refractivity contribution < 1.29 is 13.2 Å². The predicted molar refractivity (Wildman–Crippen MR) is 128 cm³/mol. The van der Waals surface area contributed by atoms with Crippen LogP contribution in [0.3, 0.4) is 0 Å². The van der Waals surface area contributed by atoms with E-state index in [1.807, 2.05) is 19.9 Å². The fraction of sp³-hybridized carbons (Fsp3) is 0.417. The minimum atomic E-state index is -2.86. The molecule has 1 fully saturated rings. The number of pyridine rings is 1. The molecule has 2 N–H and O–H groups in total. The fourth-order valence-electron chi connectivity index (χ4n) is 3.78. The molecule has 1 saturated heterocycles. The molecule has 0 bridgehead atoms. The molecule has 0 radical (unpaired) electrons. The van der Waals surface area contributed by atoms with Crippen LogP contribution in [-0.4, -0.2) is 48.9 Å². The maximum absolute atomic E-state index is 14.4. The van der Waals surface area contributed by atoms with Gasteiger partial charge in [0.05, 0.1) is 21.8 Å². The number of benzene rings is 1. The van der Waals surface area contributed by atoms with Crippen LogP contribution >= 0.6 is 0 Å². The van der Waals surface area contributed by atoms with Crippen molar-refractivity contribution in [3.8, 4) is 0 Å². The van der Waals surface area contributed by atoms with E-state index in [0.717, 1.165) is 43.2 Å². The van der Waals surface area contributed by atoms with Crippen LogP contribution in [0.1, 0.15) is 38.3 Å². The highest BCUT2D eigenvalue weighted by atomic mass is 19.3. The minimum Gasteiger partial charge on any atom is -0.367 e. The number of fused-ring (bicyclic) bond motifs is 1. The molecule has 1 aromatic carbocycles. The van der Waals surface area contributed by atoms with Crippen molar-refractivity contribution in [2.24, 2.45) is 4.99 Å². The Kier molecular flexibility index (Phi) is 7.97. The molecule has 3 heterocycles. The van der Waals surface area contributed by atoms with E-state index in [4.69, 9.17) is 0 Å². The number of halogens is 3. The Balaban J connectivity index is 0.00000149. The van der Waals surface area contributed by atoms with E-state index in [2.05, 4.69) is 44.0 Å². The molecule has 2 aliphatic heterocycles. The summed E-state index contributed by atoms with van der Waals surface area (Å²) in [6.07, 6.45) is -2.86. The summed E-state index contributed by atoms with van der Waals surface area (Å²) in [4.78, 5) is 13.6. The standard InChI is InChI=1S/C22H25F3N6.C2H6/c1-13-18(31-9-7-30(3)8-10-31)11-17-21(28-14(2)29-22(17)27-13)26-12-15-5-4-6-16(19(15)23)20(24)25;1-2/h4-6,11,20H,1,7-10,12H2,2-3H3,(H2,26,27,28,29);1-2H3. The van der Waals surface area contributed by atoms with E-state index in [-0.39, 0.29) is 12.1 Å². The van der Waals surface area contributed by atoms with Crippen molar-refractivity contribution in [3.63, 3.8) is 0 Å². The maximum Gasteiger partial charge on any atom is 0.266 e. The normalized spacial score (nSPS) is 15.9. The lowest BCUT2D eigenvalue weighted by atomic mass is 10.1. The second-order valence-corrected chi connectivity index (χ2v) is 7.79. The molecule has 6 nitrogen and oxygen atoms in total. The zero-order valence-corrected chi connectivity index (χ0v) is 19.6. The highest BCUT2D eigenvalue weighted by Crippen LogP contribution is 2.24. The van der Waals surface area contributed by atoms with Gasteiger partial charge in [-0.05, 0) is 20.0 Å². The number of alkyl halides is 2. The van der Waals surface area contributed by atoms with Crippen LogP contribution in [0.4, 0.5) is 24.7 Å². The van der Waals surface area contributed by atoms with E-state index in [9.17, 15) is 13.2 Å². The average molecular weight is 461 g/mol. The summed E-state index contributed by atoms with van der Waals surface area (Å²) in [5.74, 6) is 0.844. The van der Waals surface area contributed by atoms with Gasteiger partial charge in [-0.1, -0.05) is 38.6 Å². The van der Waals surface area contributed by atoms with Gasteiger partial charge >= 0.3 is 0 Å². The molecule has 0 unspecified atom stereocenters. The highest BCUT2D eigenvalue weighted by Gasteiger charge is 2.20. The van der Waals surface area contributed by atoms with Gasteiger partial charge in [0.2, 0.25) is 0 Å². The third kappa shape index (κ3) is 5.47. The lowest BCUT2D eigenvalue weighted by molar-refractivity contribution is 0.146. The van der Waals surface area contributed by atoms with Crippen LogP contribution < -0.4 is 26.1 Å². The molecule has 2 aliphatic rings. The second kappa shape index (κ2) is 10.7. The van der Waals surface area contributed by atoms with Crippen molar-refractivity contribution in [2.45, 2.75) is 33.7 Å². The van der Waals surface area contributed by atoms with Crippen LogP contribution in [0.2, 0.25) is 0 Å². The molecule has 0 spiro atoms. The first-order valence-corrected chi connectivity index (χ1v) is 11.1. The van der Waals surface area contributed by atoms with Crippen LogP contribution in [0.5, 0.6) is 0 Å². The molecule has 2 aromatic rings. The zero-order valence-electron chi connectivity index (χ0n) is 19.6. The summed E-state index contributed by atoms with van der Waals surface area (Å²) in [6, 6.07) is 5.99. The molecular formula is C24H31F3N6. The van der Waals surface area contributed by atoms with E-state index >= 15 is 0 Å². The van der Waals surface area contributed by atoms with Crippen LogP contribution in [-0.2, 0) is 6.54 Å². The third-order valence-electron chi connectivity index (χ3n) is 5.55. The van der Waals surface area contributed by atoms with Gasteiger partial charge in [0.25, 0.3) is 6.43 Å². The van der Waals surface area contributed by atoms with Crippen molar-refractivity contribution in [1.82, 2.24) is 15.2 Å². The smallest absolute Gasteiger partial charge is 0.266 e. The molecule has 1 aromatic heterocycles. The van der Waals surface area contributed by atoms with Gasteiger partial charge in [0, 0.05) is 38.3 Å². The molecule has 0 amide bonds. The number of aliphatic imine (C=N–C) groups is 1. The number of hydrogen-bond acceptors (Lipinski definition) is 6. The SMILES string of the molecule is C=c1nc2c(cc1N1CCN(C)CC1)=C(NCc1cccc(C(F)F)c1F)N=C(C)N2.CC. The van der Waals surface area contributed by atoms with E-state index in [0.29, 0.717) is 22.8 Å². The number of nitrogens with zero attached hydrogens (tertiary/aromatic N) is 4. The van der Waals surface area contributed by atoms with Crippen LogP contribution in [0, 0.1) is 5.82 Å². The number of amidine groups is 1. The summed E-state index contributed by atoms with van der Waals surface area (Å²) in [5.41, 5.74) is 0.475. The summed E-state index contributed by atoms with van der Waals surface area (Å²) in [6.45, 7) is 13.5. The first-order chi connectivity index (χ1) is 15.8. The second-order valence-electron chi connectivity index (χ2n) is 7.79. The van der Waals surface area contributed by atoms with E-state index < -0.39 is 17.8 Å². The van der Waals surface area contributed by atoms with Crippen LogP contribution in [0.25, 0.3) is 12.4 Å². The quantitative estimate of drug-likeness (QED) is 0.719. The molecule has 0 aliphatic carbocycles. The van der Waals surface area contributed by atoms with E-state index in [1.54, 1.807) is 6.92 Å². The number of likely N-dealkylation sites (N-methyl/N-ethyl adjacent to an activating group) is 1. The Hall–Kier alpha value is -3.07.